The van der Waals surface area contributed by atoms with Crippen LogP contribution in [0.15, 0.2) is 72.8 Å². The van der Waals surface area contributed by atoms with Gasteiger partial charge in [-0.15, -0.1) is 10.2 Å². The van der Waals surface area contributed by atoms with Crippen LogP contribution in [0.3, 0.4) is 0 Å². The van der Waals surface area contributed by atoms with Crippen molar-refractivity contribution in [3.05, 3.63) is 83.9 Å². The molecule has 30 heavy (non-hydrogen) atoms. The van der Waals surface area contributed by atoms with E-state index in [1.807, 2.05) is 12.1 Å². The van der Waals surface area contributed by atoms with Crippen LogP contribution in [0.5, 0.6) is 0 Å². The molecule has 0 amide bonds. The molecule has 1 heterocycles. The molecule has 8 heteroatoms. The minimum atomic E-state index is -4.45. The van der Waals surface area contributed by atoms with Crippen molar-refractivity contribution in [2.75, 3.05) is 5.32 Å². The summed E-state index contributed by atoms with van der Waals surface area (Å²) in [6.45, 7) is 0. The van der Waals surface area contributed by atoms with Gasteiger partial charge in [0.2, 0.25) is 0 Å². The Bertz CT molecular complexity index is 1240. The summed E-state index contributed by atoms with van der Waals surface area (Å²) in [5.41, 5.74) is 0.841. The highest BCUT2D eigenvalue weighted by Crippen LogP contribution is 2.34. The second kappa shape index (κ2) is 7.47. The number of halogens is 3. The van der Waals surface area contributed by atoms with Crippen LogP contribution >= 0.6 is 0 Å². The van der Waals surface area contributed by atoms with Gasteiger partial charge < -0.3 is 10.4 Å². The lowest BCUT2D eigenvalue weighted by Gasteiger charge is -2.13. The zero-order valence-corrected chi connectivity index (χ0v) is 15.3. The molecule has 1 aromatic heterocycles. The maximum Gasteiger partial charge on any atom is 0.416 e. The second-order valence-corrected chi connectivity index (χ2v) is 6.53. The number of carbonyl (C=O) groups is 1. The molecule has 0 aliphatic heterocycles. The molecule has 0 radical (unpaired) electrons. The van der Waals surface area contributed by atoms with E-state index in [9.17, 15) is 18.0 Å². The molecule has 4 aromatic rings. The van der Waals surface area contributed by atoms with Crippen molar-refractivity contribution in [1.29, 1.82) is 0 Å². The molecule has 150 valence electrons. The molecule has 4 rings (SSSR count). The number of aromatic nitrogens is 2. The summed E-state index contributed by atoms with van der Waals surface area (Å²) in [7, 11) is 0. The summed E-state index contributed by atoms with van der Waals surface area (Å²) in [5.74, 6) is -0.714. The van der Waals surface area contributed by atoms with Crippen LogP contribution in [0.1, 0.15) is 15.9 Å². The van der Waals surface area contributed by atoms with E-state index in [2.05, 4.69) is 15.5 Å². The molecule has 0 aliphatic rings. The molecule has 0 aliphatic carbocycles. The fraction of sp³-hybridized carbons (Fsp3) is 0.0455. The average Bonchev–Trinajstić information content (AvgIpc) is 2.74. The molecule has 0 saturated carbocycles. The van der Waals surface area contributed by atoms with E-state index < -0.39 is 17.7 Å². The number of alkyl halides is 3. The molecule has 0 saturated heterocycles. The van der Waals surface area contributed by atoms with E-state index >= 15 is 0 Å². The maximum atomic E-state index is 13.0. The first-order valence-corrected chi connectivity index (χ1v) is 8.86. The Kier molecular flexibility index (Phi) is 4.83. The van der Waals surface area contributed by atoms with Gasteiger partial charge in [0.1, 0.15) is 5.69 Å². The number of fused-ring (bicyclic) bond motifs is 1. The minimum Gasteiger partial charge on any atom is -0.478 e. The van der Waals surface area contributed by atoms with E-state index in [4.69, 9.17) is 5.11 Å². The lowest BCUT2D eigenvalue weighted by atomic mass is 10.0. The van der Waals surface area contributed by atoms with Gasteiger partial charge in [-0.1, -0.05) is 42.5 Å². The van der Waals surface area contributed by atoms with Gasteiger partial charge in [-0.25, -0.2) is 4.79 Å². The van der Waals surface area contributed by atoms with Crippen molar-refractivity contribution >= 4 is 28.2 Å². The number of anilines is 2. The number of nitrogens with zero attached hydrogens (tertiary/aromatic N) is 2. The molecule has 0 spiro atoms. The predicted octanol–water partition coefficient (Wildman–Crippen LogP) is 5.76. The van der Waals surface area contributed by atoms with Crippen LogP contribution in [0.2, 0.25) is 0 Å². The Morgan fingerprint density at radius 2 is 1.57 bits per heavy atom. The number of carboxylic acids is 1. The van der Waals surface area contributed by atoms with Crippen LogP contribution in [0.25, 0.3) is 22.0 Å². The van der Waals surface area contributed by atoms with E-state index in [1.54, 1.807) is 24.3 Å². The molecule has 0 fully saturated rings. The molecule has 0 unspecified atom stereocenters. The summed E-state index contributed by atoms with van der Waals surface area (Å²) < 4.78 is 39.0. The van der Waals surface area contributed by atoms with Gasteiger partial charge in [-0.05, 0) is 30.3 Å². The normalized spacial score (nSPS) is 11.4. The first-order valence-electron chi connectivity index (χ1n) is 8.86. The Morgan fingerprint density at radius 3 is 2.23 bits per heavy atom. The number of nitrogens with one attached hydrogen (secondary N) is 1. The second-order valence-electron chi connectivity index (χ2n) is 6.53. The third kappa shape index (κ3) is 3.80. The number of carboxylic acid groups (broad SMARTS) is 1. The van der Waals surface area contributed by atoms with Crippen LogP contribution < -0.4 is 5.32 Å². The largest absolute Gasteiger partial charge is 0.478 e. The van der Waals surface area contributed by atoms with Gasteiger partial charge in [0.05, 0.1) is 11.1 Å². The van der Waals surface area contributed by atoms with Crippen molar-refractivity contribution < 1.29 is 23.1 Å². The Labute approximate surface area is 168 Å². The number of hydrogen-bond acceptors (Lipinski definition) is 4. The Morgan fingerprint density at radius 1 is 0.867 bits per heavy atom. The zero-order valence-electron chi connectivity index (χ0n) is 15.3. The summed E-state index contributed by atoms with van der Waals surface area (Å²) in [4.78, 5) is 11.1. The van der Waals surface area contributed by atoms with Gasteiger partial charge in [-0.2, -0.15) is 13.2 Å². The third-order valence-corrected chi connectivity index (χ3v) is 4.55. The van der Waals surface area contributed by atoms with Crippen LogP contribution in [0.4, 0.5) is 24.7 Å². The lowest BCUT2D eigenvalue weighted by molar-refractivity contribution is -0.137. The molecular weight excluding hydrogens is 395 g/mol. The van der Waals surface area contributed by atoms with Crippen LogP contribution in [0, 0.1) is 0 Å². The zero-order chi connectivity index (χ0) is 21.3. The standard InChI is InChI=1S/C22H14F3N3O2/c23-22(24,25)15-4-3-5-16(12-15)26-20-18-7-2-1-6-17(18)19(27-28-20)13-8-10-14(11-9-13)21(29)30/h1-12H,(H,26,28)(H,29,30). The molecule has 3 aromatic carbocycles. The summed E-state index contributed by atoms with van der Waals surface area (Å²) in [6, 6.07) is 18.3. The lowest BCUT2D eigenvalue weighted by Crippen LogP contribution is -2.06. The fourth-order valence-electron chi connectivity index (χ4n) is 3.09. The quantitative estimate of drug-likeness (QED) is 0.448. The smallest absolute Gasteiger partial charge is 0.416 e. The third-order valence-electron chi connectivity index (χ3n) is 4.55. The fourth-order valence-corrected chi connectivity index (χ4v) is 3.09. The molecule has 0 atom stereocenters. The number of benzene rings is 3. The van der Waals surface area contributed by atoms with Crippen molar-refractivity contribution in [2.24, 2.45) is 0 Å². The molecule has 2 N–H and O–H groups in total. The monoisotopic (exact) mass is 409 g/mol. The van der Waals surface area contributed by atoms with Gasteiger partial charge in [0.15, 0.2) is 5.82 Å². The minimum absolute atomic E-state index is 0.152. The molecule has 0 bridgehead atoms. The van der Waals surface area contributed by atoms with Crippen LogP contribution in [-0.2, 0) is 6.18 Å². The van der Waals surface area contributed by atoms with Gasteiger partial charge in [-0.3, -0.25) is 0 Å². The average molecular weight is 409 g/mol. The van der Waals surface area contributed by atoms with Crippen molar-refractivity contribution in [1.82, 2.24) is 10.2 Å². The van der Waals surface area contributed by atoms with E-state index in [0.717, 1.165) is 17.5 Å². The van der Waals surface area contributed by atoms with Gasteiger partial charge in [0, 0.05) is 22.0 Å². The maximum absolute atomic E-state index is 13.0. The van der Waals surface area contributed by atoms with Crippen molar-refractivity contribution in [3.63, 3.8) is 0 Å². The van der Waals surface area contributed by atoms with Gasteiger partial charge >= 0.3 is 12.1 Å². The summed E-state index contributed by atoms with van der Waals surface area (Å²) >= 11 is 0. The highest BCUT2D eigenvalue weighted by Gasteiger charge is 2.30. The highest BCUT2D eigenvalue weighted by atomic mass is 19.4. The number of aromatic carboxylic acids is 1. The van der Waals surface area contributed by atoms with Crippen LogP contribution in [-0.4, -0.2) is 21.3 Å². The van der Waals surface area contributed by atoms with E-state index in [-0.39, 0.29) is 11.3 Å². The van der Waals surface area contributed by atoms with Gasteiger partial charge in [0.25, 0.3) is 0 Å². The number of hydrogen-bond donors (Lipinski definition) is 2. The first kappa shape index (κ1) is 19.4. The Hall–Kier alpha value is -3.94. The topological polar surface area (TPSA) is 75.1 Å². The Balaban J connectivity index is 1.75. The molecular formula is C22H14F3N3O2. The first-order chi connectivity index (χ1) is 14.3. The number of rotatable bonds is 4. The predicted molar refractivity (Wildman–Crippen MR) is 107 cm³/mol. The SMILES string of the molecule is O=C(O)c1ccc(-c2nnc(Nc3cccc(C(F)(F)F)c3)c3ccccc23)cc1. The van der Waals surface area contributed by atoms with E-state index in [0.29, 0.717) is 22.5 Å². The van der Waals surface area contributed by atoms with Crippen molar-refractivity contribution in [3.8, 4) is 11.3 Å². The summed E-state index contributed by atoms with van der Waals surface area (Å²) in [6.07, 6.45) is -4.45. The van der Waals surface area contributed by atoms with Crippen molar-refractivity contribution in [2.45, 2.75) is 6.18 Å². The molecule has 5 nitrogen and oxygen atoms in total. The van der Waals surface area contributed by atoms with E-state index in [1.165, 1.54) is 24.3 Å². The highest BCUT2D eigenvalue weighted by molar-refractivity contribution is 6.01. The summed E-state index contributed by atoms with van der Waals surface area (Å²) in [5, 5.41) is 21.8.